The summed E-state index contributed by atoms with van der Waals surface area (Å²) in [6.45, 7) is 2.86. The molecule has 1 aliphatic carbocycles. The van der Waals surface area contributed by atoms with Crippen molar-refractivity contribution in [3.05, 3.63) is 59.2 Å². The SMILES string of the molecule is C[C@@H](OC(=O)c1ccc(OC[C@H]2CCCO2)cc1)C(=O)Nc1ccc2c(c1)CCC2. The first-order chi connectivity index (χ1) is 14.6. The molecule has 158 valence electrons. The Morgan fingerprint density at radius 3 is 2.67 bits per heavy atom. The molecule has 4 rings (SSSR count). The second-order valence-electron chi connectivity index (χ2n) is 7.84. The van der Waals surface area contributed by atoms with E-state index in [2.05, 4.69) is 11.4 Å². The minimum atomic E-state index is -0.902. The predicted octanol–water partition coefficient (Wildman–Crippen LogP) is 3.92. The zero-order valence-electron chi connectivity index (χ0n) is 17.2. The molecule has 1 N–H and O–H groups in total. The van der Waals surface area contributed by atoms with Gasteiger partial charge in [0.25, 0.3) is 5.91 Å². The lowest BCUT2D eigenvalue weighted by molar-refractivity contribution is -0.123. The molecular weight excluding hydrogens is 382 g/mol. The summed E-state index contributed by atoms with van der Waals surface area (Å²) in [7, 11) is 0. The quantitative estimate of drug-likeness (QED) is 0.702. The highest BCUT2D eigenvalue weighted by molar-refractivity contribution is 5.97. The highest BCUT2D eigenvalue weighted by Gasteiger charge is 2.20. The molecule has 0 unspecified atom stereocenters. The third-order valence-electron chi connectivity index (χ3n) is 5.57. The van der Waals surface area contributed by atoms with Crippen molar-refractivity contribution in [1.82, 2.24) is 0 Å². The van der Waals surface area contributed by atoms with Crippen LogP contribution in [0.15, 0.2) is 42.5 Å². The minimum absolute atomic E-state index is 0.139. The van der Waals surface area contributed by atoms with Crippen molar-refractivity contribution in [1.29, 1.82) is 0 Å². The van der Waals surface area contributed by atoms with E-state index < -0.39 is 12.1 Å². The first-order valence-corrected chi connectivity index (χ1v) is 10.6. The molecule has 0 bridgehead atoms. The standard InChI is InChI=1S/C24H27NO5/c1-16(23(26)25-20-10-7-17-4-2-5-19(17)14-20)30-24(27)18-8-11-21(12-9-18)29-15-22-6-3-13-28-22/h7-12,14,16,22H,2-6,13,15H2,1H3,(H,25,26)/t16-,22-/m1/s1. The van der Waals surface area contributed by atoms with Gasteiger partial charge in [-0.25, -0.2) is 4.79 Å². The normalized spacial score (nSPS) is 18.5. The van der Waals surface area contributed by atoms with Gasteiger partial charge in [0.05, 0.1) is 11.7 Å². The van der Waals surface area contributed by atoms with E-state index in [-0.39, 0.29) is 12.0 Å². The van der Waals surface area contributed by atoms with Gasteiger partial charge in [-0.15, -0.1) is 0 Å². The van der Waals surface area contributed by atoms with Crippen LogP contribution in [-0.4, -0.2) is 37.3 Å². The van der Waals surface area contributed by atoms with Gasteiger partial charge < -0.3 is 19.5 Å². The fourth-order valence-corrected chi connectivity index (χ4v) is 3.83. The molecule has 2 aromatic rings. The second-order valence-corrected chi connectivity index (χ2v) is 7.84. The van der Waals surface area contributed by atoms with Crippen LogP contribution in [0.2, 0.25) is 0 Å². The number of carbonyl (C=O) groups excluding carboxylic acids is 2. The smallest absolute Gasteiger partial charge is 0.338 e. The molecule has 2 aliphatic rings. The zero-order valence-corrected chi connectivity index (χ0v) is 17.2. The van der Waals surface area contributed by atoms with Crippen LogP contribution < -0.4 is 10.1 Å². The van der Waals surface area contributed by atoms with Gasteiger partial charge in [-0.05, 0) is 86.6 Å². The largest absolute Gasteiger partial charge is 0.491 e. The van der Waals surface area contributed by atoms with Gasteiger partial charge >= 0.3 is 5.97 Å². The molecule has 1 amide bonds. The number of fused-ring (bicyclic) bond motifs is 1. The maximum absolute atomic E-state index is 12.4. The number of aryl methyl sites for hydroxylation is 2. The zero-order chi connectivity index (χ0) is 20.9. The van der Waals surface area contributed by atoms with Gasteiger partial charge in [-0.3, -0.25) is 4.79 Å². The van der Waals surface area contributed by atoms with Gasteiger partial charge in [0, 0.05) is 12.3 Å². The molecule has 6 nitrogen and oxygen atoms in total. The summed E-state index contributed by atoms with van der Waals surface area (Å²) in [5, 5.41) is 2.83. The van der Waals surface area contributed by atoms with E-state index in [0.29, 0.717) is 17.9 Å². The number of ether oxygens (including phenoxy) is 3. The molecular formula is C24H27NO5. The number of hydrogen-bond acceptors (Lipinski definition) is 5. The lowest BCUT2D eigenvalue weighted by Crippen LogP contribution is -2.30. The lowest BCUT2D eigenvalue weighted by Gasteiger charge is -2.15. The average molecular weight is 409 g/mol. The van der Waals surface area contributed by atoms with Crippen LogP contribution in [0.1, 0.15) is 47.7 Å². The van der Waals surface area contributed by atoms with Crippen LogP contribution in [0.5, 0.6) is 5.75 Å². The highest BCUT2D eigenvalue weighted by Crippen LogP contribution is 2.25. The molecule has 0 radical (unpaired) electrons. The summed E-state index contributed by atoms with van der Waals surface area (Å²) >= 11 is 0. The van der Waals surface area contributed by atoms with Crippen molar-refractivity contribution in [3.8, 4) is 5.75 Å². The number of hydrogen-bond donors (Lipinski definition) is 1. The van der Waals surface area contributed by atoms with E-state index in [0.717, 1.165) is 44.4 Å². The molecule has 30 heavy (non-hydrogen) atoms. The molecule has 1 saturated heterocycles. The fraction of sp³-hybridized carbons (Fsp3) is 0.417. The van der Waals surface area contributed by atoms with Crippen LogP contribution in [0.3, 0.4) is 0 Å². The predicted molar refractivity (Wildman–Crippen MR) is 113 cm³/mol. The summed E-state index contributed by atoms with van der Waals surface area (Å²) in [5.41, 5.74) is 3.72. The van der Waals surface area contributed by atoms with Gasteiger partial charge in [0.1, 0.15) is 12.4 Å². The van der Waals surface area contributed by atoms with E-state index in [1.54, 1.807) is 31.2 Å². The third-order valence-corrected chi connectivity index (χ3v) is 5.57. The van der Waals surface area contributed by atoms with Crippen molar-refractivity contribution in [2.24, 2.45) is 0 Å². The van der Waals surface area contributed by atoms with E-state index in [4.69, 9.17) is 14.2 Å². The van der Waals surface area contributed by atoms with Crippen LogP contribution in [0.4, 0.5) is 5.69 Å². The Balaban J connectivity index is 1.27. The Morgan fingerprint density at radius 2 is 1.90 bits per heavy atom. The third kappa shape index (κ3) is 5.00. The van der Waals surface area contributed by atoms with Gasteiger partial charge in [-0.2, -0.15) is 0 Å². The first-order valence-electron chi connectivity index (χ1n) is 10.6. The number of nitrogens with one attached hydrogen (secondary N) is 1. The van der Waals surface area contributed by atoms with E-state index in [1.165, 1.54) is 11.1 Å². The van der Waals surface area contributed by atoms with Crippen LogP contribution in [0.25, 0.3) is 0 Å². The van der Waals surface area contributed by atoms with Gasteiger partial charge in [-0.1, -0.05) is 6.07 Å². The summed E-state index contributed by atoms with van der Waals surface area (Å²) in [6.07, 6.45) is 4.60. The molecule has 6 heteroatoms. The Bertz CT molecular complexity index is 902. The summed E-state index contributed by atoms with van der Waals surface area (Å²) in [4.78, 5) is 24.8. The Hall–Kier alpha value is -2.86. The summed E-state index contributed by atoms with van der Waals surface area (Å²) < 4.78 is 16.6. The molecule has 1 aliphatic heterocycles. The number of benzene rings is 2. The molecule has 0 saturated carbocycles. The second kappa shape index (κ2) is 9.30. The number of anilines is 1. The van der Waals surface area contributed by atoms with Crippen LogP contribution in [-0.2, 0) is 27.1 Å². The minimum Gasteiger partial charge on any atom is -0.491 e. The molecule has 2 aromatic carbocycles. The summed E-state index contributed by atoms with van der Waals surface area (Å²) in [6, 6.07) is 12.7. The summed E-state index contributed by atoms with van der Waals surface area (Å²) in [5.74, 6) is -0.223. The topological polar surface area (TPSA) is 73.9 Å². The van der Waals surface area contributed by atoms with Crippen LogP contribution >= 0.6 is 0 Å². The molecule has 1 fully saturated rings. The molecule has 0 aromatic heterocycles. The average Bonchev–Trinajstić information content (AvgIpc) is 3.44. The van der Waals surface area contributed by atoms with Gasteiger partial charge in [0.15, 0.2) is 6.10 Å². The lowest BCUT2D eigenvalue weighted by atomic mass is 10.1. The van der Waals surface area contributed by atoms with Crippen molar-refractivity contribution in [3.63, 3.8) is 0 Å². The van der Waals surface area contributed by atoms with Gasteiger partial charge in [0.2, 0.25) is 0 Å². The molecule has 1 heterocycles. The number of carbonyl (C=O) groups is 2. The molecule has 0 spiro atoms. The first kappa shape index (κ1) is 20.4. The van der Waals surface area contributed by atoms with Crippen molar-refractivity contribution in [2.75, 3.05) is 18.5 Å². The Kier molecular flexibility index (Phi) is 6.33. The van der Waals surface area contributed by atoms with Crippen molar-refractivity contribution >= 4 is 17.6 Å². The molecule has 2 atom stereocenters. The number of rotatable bonds is 7. The van der Waals surface area contributed by atoms with E-state index >= 15 is 0 Å². The highest BCUT2D eigenvalue weighted by atomic mass is 16.5. The number of amides is 1. The van der Waals surface area contributed by atoms with E-state index in [9.17, 15) is 9.59 Å². The van der Waals surface area contributed by atoms with Crippen molar-refractivity contribution in [2.45, 2.75) is 51.2 Å². The van der Waals surface area contributed by atoms with Crippen molar-refractivity contribution < 1.29 is 23.8 Å². The van der Waals surface area contributed by atoms with E-state index in [1.807, 2.05) is 12.1 Å². The van der Waals surface area contributed by atoms with Crippen LogP contribution in [0, 0.1) is 0 Å². The Morgan fingerprint density at radius 1 is 1.10 bits per heavy atom. The number of esters is 1. The maximum Gasteiger partial charge on any atom is 0.338 e. The Labute approximate surface area is 176 Å². The monoisotopic (exact) mass is 409 g/mol. The maximum atomic E-state index is 12.4. The fourth-order valence-electron chi connectivity index (χ4n) is 3.83.